The average Bonchev–Trinajstić information content (AvgIpc) is 2.25. The molecule has 1 atom stereocenters. The summed E-state index contributed by atoms with van der Waals surface area (Å²) in [6.07, 6.45) is 0.102. The molecule has 1 rings (SSSR count). The van der Waals surface area contributed by atoms with E-state index in [-0.39, 0.29) is 22.6 Å². The van der Waals surface area contributed by atoms with Crippen molar-refractivity contribution in [3.8, 4) is 0 Å². The van der Waals surface area contributed by atoms with E-state index >= 15 is 0 Å². The van der Waals surface area contributed by atoms with Gasteiger partial charge in [-0.05, 0) is 28.9 Å². The van der Waals surface area contributed by atoms with Crippen molar-refractivity contribution in [1.82, 2.24) is 0 Å². The maximum Gasteiger partial charge on any atom is 0.307 e. The first kappa shape index (κ1) is 13.9. The highest BCUT2D eigenvalue weighted by Gasteiger charge is 2.13. The second-order valence-corrected chi connectivity index (χ2v) is 4.43. The topological polar surface area (TPSA) is 38.3 Å². The summed E-state index contributed by atoms with van der Waals surface area (Å²) in [6.45, 7) is 1.70. The lowest BCUT2D eigenvalue weighted by Gasteiger charge is -2.15. The monoisotopic (exact) mass is 307 g/mol. The first-order valence-electron chi connectivity index (χ1n) is 4.92. The van der Waals surface area contributed by atoms with Crippen LogP contribution < -0.4 is 5.32 Å². The van der Waals surface area contributed by atoms with Gasteiger partial charge in [0.2, 0.25) is 0 Å². The molecule has 3 nitrogen and oxygen atoms in total. The van der Waals surface area contributed by atoms with Crippen LogP contribution in [0.4, 0.5) is 14.5 Å². The zero-order valence-corrected chi connectivity index (χ0v) is 11.0. The molecule has 1 N–H and O–H groups in total. The normalized spacial score (nSPS) is 12.1. The van der Waals surface area contributed by atoms with Crippen molar-refractivity contribution in [2.75, 3.05) is 12.4 Å². The van der Waals surface area contributed by atoms with E-state index in [9.17, 15) is 13.6 Å². The molecule has 0 bridgehead atoms. The third-order valence-corrected chi connectivity index (χ3v) is 2.72. The van der Waals surface area contributed by atoms with Crippen molar-refractivity contribution in [3.05, 3.63) is 28.2 Å². The van der Waals surface area contributed by atoms with Gasteiger partial charge in [-0.1, -0.05) is 0 Å². The Bertz CT molecular complexity index is 426. The Balaban J connectivity index is 2.74. The van der Waals surface area contributed by atoms with Gasteiger partial charge in [-0.25, -0.2) is 8.78 Å². The standard InChI is InChI=1S/C11H12BrF2NO2/c1-6(3-11(16)17-2)15-10-4-7(12)8(13)5-9(10)14/h4-6,15H,3H2,1-2H3. The van der Waals surface area contributed by atoms with Crippen molar-refractivity contribution < 1.29 is 18.3 Å². The zero-order chi connectivity index (χ0) is 13.0. The van der Waals surface area contributed by atoms with Gasteiger partial charge in [0.15, 0.2) is 0 Å². The Morgan fingerprint density at radius 2 is 2.12 bits per heavy atom. The lowest BCUT2D eigenvalue weighted by Crippen LogP contribution is -2.21. The SMILES string of the molecule is COC(=O)CC(C)Nc1cc(Br)c(F)cc1F. The molecule has 0 aromatic heterocycles. The van der Waals surface area contributed by atoms with E-state index in [4.69, 9.17) is 0 Å². The fourth-order valence-corrected chi connectivity index (χ4v) is 1.63. The van der Waals surface area contributed by atoms with E-state index in [1.54, 1.807) is 6.92 Å². The minimum Gasteiger partial charge on any atom is -0.469 e. The maximum atomic E-state index is 13.4. The van der Waals surface area contributed by atoms with E-state index in [0.717, 1.165) is 6.07 Å². The Kier molecular flexibility index (Phi) is 4.86. The molecule has 0 saturated heterocycles. The number of carbonyl (C=O) groups is 1. The molecular formula is C11H12BrF2NO2. The molecule has 1 aromatic rings. The number of benzene rings is 1. The minimum absolute atomic E-state index is 0.102. The van der Waals surface area contributed by atoms with Crippen LogP contribution in [0.3, 0.4) is 0 Å². The number of hydrogen-bond acceptors (Lipinski definition) is 3. The van der Waals surface area contributed by atoms with Crippen LogP contribution in [0.2, 0.25) is 0 Å². The van der Waals surface area contributed by atoms with Crippen molar-refractivity contribution in [2.24, 2.45) is 0 Å². The van der Waals surface area contributed by atoms with Crippen LogP contribution in [0.25, 0.3) is 0 Å². The summed E-state index contributed by atoms with van der Waals surface area (Å²) in [5.74, 6) is -1.78. The molecule has 0 aliphatic heterocycles. The molecule has 17 heavy (non-hydrogen) atoms. The Labute approximate surface area is 106 Å². The summed E-state index contributed by atoms with van der Waals surface area (Å²) in [4.78, 5) is 11.0. The van der Waals surface area contributed by atoms with Crippen LogP contribution in [0.1, 0.15) is 13.3 Å². The predicted octanol–water partition coefficient (Wildman–Crippen LogP) is 3.09. The highest BCUT2D eigenvalue weighted by atomic mass is 79.9. The van der Waals surface area contributed by atoms with Gasteiger partial charge in [0.25, 0.3) is 0 Å². The van der Waals surface area contributed by atoms with Crippen molar-refractivity contribution in [2.45, 2.75) is 19.4 Å². The molecule has 0 aliphatic carbocycles. The minimum atomic E-state index is -0.706. The molecular weight excluding hydrogens is 296 g/mol. The number of halogens is 3. The van der Waals surface area contributed by atoms with Crippen LogP contribution in [-0.2, 0) is 9.53 Å². The third-order valence-electron chi connectivity index (χ3n) is 2.11. The number of nitrogens with one attached hydrogen (secondary N) is 1. The molecule has 94 valence electrons. The van der Waals surface area contributed by atoms with E-state index in [1.165, 1.54) is 13.2 Å². The zero-order valence-electron chi connectivity index (χ0n) is 9.39. The second kappa shape index (κ2) is 5.95. The number of carbonyl (C=O) groups excluding carboxylic acids is 1. The number of esters is 1. The fourth-order valence-electron chi connectivity index (χ4n) is 1.28. The number of anilines is 1. The van der Waals surface area contributed by atoms with Gasteiger partial charge in [0.1, 0.15) is 11.6 Å². The van der Waals surface area contributed by atoms with Gasteiger partial charge in [0.05, 0.1) is 23.7 Å². The average molecular weight is 308 g/mol. The number of ether oxygens (including phenoxy) is 1. The number of hydrogen-bond donors (Lipinski definition) is 1. The summed E-state index contributed by atoms with van der Waals surface area (Å²) >= 11 is 2.96. The highest BCUT2D eigenvalue weighted by molar-refractivity contribution is 9.10. The molecule has 0 spiro atoms. The quantitative estimate of drug-likeness (QED) is 0.686. The van der Waals surface area contributed by atoms with Gasteiger partial charge in [-0.3, -0.25) is 4.79 Å². The summed E-state index contributed by atoms with van der Waals surface area (Å²) in [5, 5.41) is 2.77. The van der Waals surface area contributed by atoms with Crippen LogP contribution in [0, 0.1) is 11.6 Å². The third kappa shape index (κ3) is 3.96. The van der Waals surface area contributed by atoms with Crippen LogP contribution in [0.5, 0.6) is 0 Å². The molecule has 1 unspecified atom stereocenters. The second-order valence-electron chi connectivity index (χ2n) is 3.57. The summed E-state index contributed by atoms with van der Waals surface area (Å²) in [5.41, 5.74) is 0.134. The van der Waals surface area contributed by atoms with Crippen molar-refractivity contribution in [1.29, 1.82) is 0 Å². The Morgan fingerprint density at radius 1 is 1.47 bits per heavy atom. The largest absolute Gasteiger partial charge is 0.469 e. The molecule has 0 aliphatic rings. The van der Waals surface area contributed by atoms with E-state index < -0.39 is 17.6 Å². The van der Waals surface area contributed by atoms with E-state index in [0.29, 0.717) is 0 Å². The van der Waals surface area contributed by atoms with Crippen LogP contribution in [0.15, 0.2) is 16.6 Å². The van der Waals surface area contributed by atoms with Crippen molar-refractivity contribution >= 4 is 27.6 Å². The lowest BCUT2D eigenvalue weighted by molar-refractivity contribution is -0.140. The highest BCUT2D eigenvalue weighted by Crippen LogP contribution is 2.24. The Hall–Kier alpha value is -1.17. The molecule has 6 heteroatoms. The molecule has 0 heterocycles. The molecule has 0 fully saturated rings. The summed E-state index contributed by atoms with van der Waals surface area (Å²) in [7, 11) is 1.28. The first-order valence-corrected chi connectivity index (χ1v) is 5.71. The van der Waals surface area contributed by atoms with Crippen LogP contribution in [-0.4, -0.2) is 19.1 Å². The molecule has 0 radical (unpaired) electrons. The predicted molar refractivity (Wildman–Crippen MR) is 63.8 cm³/mol. The lowest BCUT2D eigenvalue weighted by atomic mass is 10.2. The van der Waals surface area contributed by atoms with Gasteiger partial charge in [0, 0.05) is 12.1 Å². The molecule has 1 aromatic carbocycles. The van der Waals surface area contributed by atoms with Gasteiger partial charge < -0.3 is 10.1 Å². The van der Waals surface area contributed by atoms with E-state index in [1.807, 2.05) is 0 Å². The first-order chi connectivity index (χ1) is 7.93. The molecule has 0 amide bonds. The summed E-state index contributed by atoms with van der Waals surface area (Å²) < 4.78 is 31.0. The van der Waals surface area contributed by atoms with Gasteiger partial charge in [-0.2, -0.15) is 0 Å². The maximum absolute atomic E-state index is 13.4. The number of methoxy groups -OCH3 is 1. The smallest absolute Gasteiger partial charge is 0.307 e. The number of rotatable bonds is 4. The van der Waals surface area contributed by atoms with Gasteiger partial charge in [-0.15, -0.1) is 0 Å². The Morgan fingerprint density at radius 3 is 2.71 bits per heavy atom. The van der Waals surface area contributed by atoms with E-state index in [2.05, 4.69) is 26.0 Å². The van der Waals surface area contributed by atoms with Crippen molar-refractivity contribution in [3.63, 3.8) is 0 Å². The fraction of sp³-hybridized carbons (Fsp3) is 0.364. The summed E-state index contributed by atoms with van der Waals surface area (Å²) in [6, 6.07) is 1.75. The molecule has 0 saturated carbocycles. The van der Waals surface area contributed by atoms with Crippen LogP contribution >= 0.6 is 15.9 Å². The van der Waals surface area contributed by atoms with Gasteiger partial charge >= 0.3 is 5.97 Å².